The van der Waals surface area contributed by atoms with Gasteiger partial charge in [-0.05, 0) is 103 Å². The van der Waals surface area contributed by atoms with Crippen LogP contribution in [0.1, 0.15) is 91.3 Å². The van der Waals surface area contributed by atoms with Gasteiger partial charge in [0.2, 0.25) is 0 Å². The van der Waals surface area contributed by atoms with Crippen LogP contribution in [0, 0.1) is 52.8 Å². The van der Waals surface area contributed by atoms with Crippen LogP contribution in [0.2, 0.25) is 0 Å². The van der Waals surface area contributed by atoms with E-state index < -0.39 is 0 Å². The molecule has 5 nitrogen and oxygen atoms in total. The van der Waals surface area contributed by atoms with Gasteiger partial charge in [-0.2, -0.15) is 4.80 Å². The molecule has 4 fully saturated rings. The van der Waals surface area contributed by atoms with Crippen LogP contribution < -0.4 is 0 Å². The van der Waals surface area contributed by atoms with Crippen molar-refractivity contribution in [2.24, 2.45) is 45.8 Å². The summed E-state index contributed by atoms with van der Waals surface area (Å²) in [6.45, 7) is 12.3. The van der Waals surface area contributed by atoms with Gasteiger partial charge in [0.05, 0.1) is 0 Å². The number of nitrogens with zero attached hydrogens (tertiary/aromatic N) is 4. The molecule has 0 bridgehead atoms. The molecule has 0 radical (unpaired) electrons. The minimum Gasteiger partial charge on any atom is -0.297 e. The fourth-order valence-electron chi connectivity index (χ4n) is 9.11. The first kappa shape index (κ1) is 20.6. The topological polar surface area (TPSA) is 60.7 Å². The van der Waals surface area contributed by atoms with Crippen molar-refractivity contribution in [3.8, 4) is 0 Å². The van der Waals surface area contributed by atoms with Gasteiger partial charge in [0, 0.05) is 5.92 Å². The van der Waals surface area contributed by atoms with Gasteiger partial charge < -0.3 is 0 Å². The first-order chi connectivity index (χ1) is 14.2. The third-order valence-electron chi connectivity index (χ3n) is 10.9. The molecular formula is C25H40N4O. The molecule has 0 aliphatic heterocycles. The summed E-state index contributed by atoms with van der Waals surface area (Å²) >= 11 is 0. The van der Waals surface area contributed by atoms with E-state index in [0.717, 1.165) is 30.1 Å². The van der Waals surface area contributed by atoms with Gasteiger partial charge in [-0.3, -0.25) is 4.79 Å². The lowest BCUT2D eigenvalue weighted by molar-refractivity contribution is -0.162. The maximum absolute atomic E-state index is 13.3. The standard InChI is InChI=1S/C25H40N4O/c1-16-8-13-25(5)20-10-12-24(4)19(18(20)9-11-23(25,3)14-16)6-7-21(24)22(30)15-29-27-17(2)26-28-29/h16,18-21H,6-15H2,1-5H3. The number of carbonyl (C=O) groups is 1. The van der Waals surface area contributed by atoms with Gasteiger partial charge in [0.15, 0.2) is 11.6 Å². The van der Waals surface area contributed by atoms with Crippen LogP contribution in [0.4, 0.5) is 0 Å². The van der Waals surface area contributed by atoms with Gasteiger partial charge in [0.25, 0.3) is 0 Å². The fourth-order valence-corrected chi connectivity index (χ4v) is 9.11. The second-order valence-corrected chi connectivity index (χ2v) is 12.2. The molecule has 5 heteroatoms. The Hall–Kier alpha value is -1.26. The zero-order valence-electron chi connectivity index (χ0n) is 19.7. The van der Waals surface area contributed by atoms with Crippen molar-refractivity contribution in [3.63, 3.8) is 0 Å². The molecule has 0 N–H and O–H groups in total. The Morgan fingerprint density at radius 3 is 2.57 bits per heavy atom. The molecule has 4 aliphatic rings. The van der Waals surface area contributed by atoms with Crippen molar-refractivity contribution < 1.29 is 4.79 Å². The van der Waals surface area contributed by atoms with E-state index in [2.05, 4.69) is 43.1 Å². The predicted octanol–water partition coefficient (Wildman–Crippen LogP) is 5.24. The highest BCUT2D eigenvalue weighted by Crippen LogP contribution is 2.71. The zero-order chi connectivity index (χ0) is 21.3. The monoisotopic (exact) mass is 412 g/mol. The Kier molecular flexibility index (Phi) is 4.72. The average molecular weight is 413 g/mol. The van der Waals surface area contributed by atoms with Gasteiger partial charge in [-0.25, -0.2) is 0 Å². The predicted molar refractivity (Wildman–Crippen MR) is 117 cm³/mol. The van der Waals surface area contributed by atoms with E-state index in [1.807, 2.05) is 6.92 Å². The summed E-state index contributed by atoms with van der Waals surface area (Å²) in [5.41, 5.74) is 1.18. The normalized spacial score (nSPS) is 48.0. The van der Waals surface area contributed by atoms with Crippen LogP contribution in [0.15, 0.2) is 0 Å². The number of Topliss-reactive ketones (excluding diaryl/α,β-unsaturated/α-hetero) is 1. The minimum atomic E-state index is 0.167. The second kappa shape index (κ2) is 6.87. The Balaban J connectivity index is 1.37. The Bertz CT molecular complexity index is 835. The Labute approximate surface area is 181 Å². The lowest BCUT2D eigenvalue weighted by Gasteiger charge is -2.65. The fraction of sp³-hybridized carbons (Fsp3) is 0.920. The quantitative estimate of drug-likeness (QED) is 0.681. The molecule has 8 unspecified atom stereocenters. The Morgan fingerprint density at radius 1 is 1.03 bits per heavy atom. The largest absolute Gasteiger partial charge is 0.297 e. The van der Waals surface area contributed by atoms with Crippen molar-refractivity contribution in [3.05, 3.63) is 5.82 Å². The van der Waals surface area contributed by atoms with Crippen molar-refractivity contribution >= 4 is 5.78 Å². The third-order valence-corrected chi connectivity index (χ3v) is 10.9. The highest BCUT2D eigenvalue weighted by molar-refractivity contribution is 5.81. The average Bonchev–Trinajstić information content (AvgIpc) is 3.25. The van der Waals surface area contributed by atoms with Crippen LogP contribution in [0.5, 0.6) is 0 Å². The molecule has 1 aromatic heterocycles. The van der Waals surface area contributed by atoms with Gasteiger partial charge in [-0.1, -0.05) is 34.1 Å². The van der Waals surface area contributed by atoms with Crippen LogP contribution >= 0.6 is 0 Å². The van der Waals surface area contributed by atoms with E-state index in [9.17, 15) is 4.79 Å². The zero-order valence-corrected chi connectivity index (χ0v) is 19.7. The van der Waals surface area contributed by atoms with E-state index in [-0.39, 0.29) is 17.9 Å². The number of rotatable bonds is 3. The Morgan fingerprint density at radius 2 is 1.83 bits per heavy atom. The number of hydrogen-bond donors (Lipinski definition) is 0. The van der Waals surface area contributed by atoms with E-state index in [1.54, 1.807) is 0 Å². The first-order valence-electron chi connectivity index (χ1n) is 12.4. The maximum Gasteiger partial charge on any atom is 0.171 e. The molecule has 0 amide bonds. The summed E-state index contributed by atoms with van der Waals surface area (Å²) in [4.78, 5) is 14.8. The van der Waals surface area contributed by atoms with E-state index in [4.69, 9.17) is 0 Å². The minimum absolute atomic E-state index is 0.167. The number of carbonyl (C=O) groups excluding carboxylic acids is 1. The van der Waals surface area contributed by atoms with Crippen LogP contribution in [0.25, 0.3) is 0 Å². The molecule has 4 aliphatic carbocycles. The third kappa shape index (κ3) is 2.86. The summed E-state index contributed by atoms with van der Waals surface area (Å²) in [7, 11) is 0. The van der Waals surface area contributed by atoms with Crippen LogP contribution in [0.3, 0.4) is 0 Å². The second-order valence-electron chi connectivity index (χ2n) is 12.2. The van der Waals surface area contributed by atoms with E-state index in [0.29, 0.717) is 22.4 Å². The molecule has 1 heterocycles. The number of fused-ring (bicyclic) bond motifs is 5. The smallest absolute Gasteiger partial charge is 0.171 e. The van der Waals surface area contributed by atoms with Crippen molar-refractivity contribution in [1.29, 1.82) is 0 Å². The highest BCUT2D eigenvalue weighted by Gasteiger charge is 2.63. The molecule has 30 heavy (non-hydrogen) atoms. The molecule has 0 saturated heterocycles. The lowest BCUT2D eigenvalue weighted by Crippen LogP contribution is -2.57. The van der Waals surface area contributed by atoms with E-state index in [1.165, 1.54) is 56.2 Å². The molecule has 0 spiro atoms. The van der Waals surface area contributed by atoms with Gasteiger partial charge in [-0.15, -0.1) is 10.2 Å². The summed E-state index contributed by atoms with van der Waals surface area (Å²) in [5.74, 6) is 4.41. The van der Waals surface area contributed by atoms with E-state index >= 15 is 0 Å². The van der Waals surface area contributed by atoms with Crippen molar-refractivity contribution in [2.75, 3.05) is 0 Å². The van der Waals surface area contributed by atoms with Gasteiger partial charge >= 0.3 is 0 Å². The van der Waals surface area contributed by atoms with Gasteiger partial charge in [0.1, 0.15) is 6.54 Å². The molecular weight excluding hydrogens is 372 g/mol. The van der Waals surface area contributed by atoms with Crippen molar-refractivity contribution in [1.82, 2.24) is 20.2 Å². The lowest BCUT2D eigenvalue weighted by atomic mass is 9.40. The van der Waals surface area contributed by atoms with Crippen LogP contribution in [-0.4, -0.2) is 26.0 Å². The number of ketones is 1. The highest BCUT2D eigenvalue weighted by atomic mass is 16.1. The molecule has 4 saturated carbocycles. The number of aryl methyl sites for hydroxylation is 1. The summed E-state index contributed by atoms with van der Waals surface area (Å²) in [6, 6.07) is 0. The molecule has 1 aromatic rings. The molecule has 5 rings (SSSR count). The number of aromatic nitrogens is 4. The summed E-state index contributed by atoms with van der Waals surface area (Å²) < 4.78 is 0. The molecule has 8 atom stereocenters. The summed E-state index contributed by atoms with van der Waals surface area (Å²) in [5, 5.41) is 12.2. The summed E-state index contributed by atoms with van der Waals surface area (Å²) in [6.07, 6.45) is 11.8. The molecule has 166 valence electrons. The SMILES string of the molecule is Cc1nnn(CC(=O)C2CCC3C4CCC5(C)CC(C)CCC5(C)C4CCC23C)n1. The maximum atomic E-state index is 13.3. The van der Waals surface area contributed by atoms with Crippen LogP contribution in [-0.2, 0) is 11.3 Å². The van der Waals surface area contributed by atoms with Crippen molar-refractivity contribution in [2.45, 2.75) is 99.0 Å². The first-order valence-corrected chi connectivity index (χ1v) is 12.4. The number of tetrazole rings is 1. The molecule has 0 aromatic carbocycles. The number of hydrogen-bond acceptors (Lipinski definition) is 4.